The Bertz CT molecular complexity index is 440. The molecule has 1 amide bonds. The first-order valence-electron chi connectivity index (χ1n) is 4.80. The van der Waals surface area contributed by atoms with Gasteiger partial charge in [-0.3, -0.25) is 4.79 Å². The largest absolute Gasteiger partial charge is 0.370 e. The molecule has 0 saturated carbocycles. The predicted octanol–water partition coefficient (Wildman–Crippen LogP) is 2.79. The lowest BCUT2D eigenvalue weighted by Gasteiger charge is -2.33. The van der Waals surface area contributed by atoms with Gasteiger partial charge in [0.2, 0.25) is 5.91 Å². The number of fused-ring (bicyclic) bond motifs is 1. The zero-order valence-electron chi connectivity index (χ0n) is 8.94. The summed E-state index contributed by atoms with van der Waals surface area (Å²) in [5.41, 5.74) is 2.02. The molecule has 0 aliphatic carbocycles. The van der Waals surface area contributed by atoms with Crippen molar-refractivity contribution in [1.29, 1.82) is 0 Å². The van der Waals surface area contributed by atoms with Crippen molar-refractivity contribution in [2.45, 2.75) is 26.3 Å². The molecular formula is C11H13ClN2O. The van der Waals surface area contributed by atoms with Crippen molar-refractivity contribution in [3.63, 3.8) is 0 Å². The van der Waals surface area contributed by atoms with E-state index in [-0.39, 0.29) is 5.91 Å². The average Bonchev–Trinajstić information content (AvgIpc) is 2.15. The summed E-state index contributed by atoms with van der Waals surface area (Å²) in [5.74, 6) is -0.0413. The van der Waals surface area contributed by atoms with E-state index in [0.29, 0.717) is 5.02 Å². The summed E-state index contributed by atoms with van der Waals surface area (Å²) in [6, 6.07) is 3.71. The van der Waals surface area contributed by atoms with Crippen molar-refractivity contribution in [2.75, 3.05) is 10.6 Å². The molecule has 1 aromatic rings. The molecule has 2 N–H and O–H groups in total. The minimum Gasteiger partial charge on any atom is -0.370 e. The van der Waals surface area contributed by atoms with Gasteiger partial charge >= 0.3 is 0 Å². The highest BCUT2D eigenvalue weighted by atomic mass is 35.5. The van der Waals surface area contributed by atoms with E-state index in [4.69, 9.17) is 11.6 Å². The molecule has 80 valence electrons. The van der Waals surface area contributed by atoms with Crippen LogP contribution in [0.3, 0.4) is 0 Å². The summed E-state index contributed by atoms with van der Waals surface area (Å²) in [5, 5.41) is 6.72. The molecule has 0 aromatic heterocycles. The van der Waals surface area contributed by atoms with E-state index >= 15 is 0 Å². The number of hydrogen-bond acceptors (Lipinski definition) is 2. The molecule has 0 atom stereocenters. The summed E-state index contributed by atoms with van der Waals surface area (Å²) in [4.78, 5) is 11.7. The highest BCUT2D eigenvalue weighted by Gasteiger charge is 2.33. The van der Waals surface area contributed by atoms with Crippen molar-refractivity contribution in [3.05, 3.63) is 22.7 Å². The summed E-state index contributed by atoms with van der Waals surface area (Å²) in [6.07, 6.45) is 0. The minimum atomic E-state index is -0.576. The molecule has 0 spiro atoms. The molecule has 2 rings (SSSR count). The molecule has 0 unspecified atom stereocenters. The van der Waals surface area contributed by atoms with Crippen LogP contribution >= 0.6 is 11.6 Å². The van der Waals surface area contributed by atoms with Crippen molar-refractivity contribution >= 4 is 28.9 Å². The number of carbonyl (C=O) groups is 1. The summed E-state index contributed by atoms with van der Waals surface area (Å²) in [7, 11) is 0. The number of amides is 1. The molecule has 1 heterocycles. The van der Waals surface area contributed by atoms with E-state index < -0.39 is 5.54 Å². The van der Waals surface area contributed by atoms with Crippen LogP contribution in [0.1, 0.15) is 19.4 Å². The van der Waals surface area contributed by atoms with Crippen LogP contribution in [0.5, 0.6) is 0 Å². The zero-order valence-corrected chi connectivity index (χ0v) is 9.70. The molecule has 3 nitrogen and oxygen atoms in total. The standard InChI is InChI=1S/C11H13ClN2O/c1-6-7(12)4-5-8-9(6)13-10(15)11(2,3)14-8/h4-5,14H,1-3H3,(H,13,15). The molecule has 0 fully saturated rings. The molecule has 1 aliphatic heterocycles. The lowest BCUT2D eigenvalue weighted by molar-refractivity contribution is -0.119. The number of nitrogens with one attached hydrogen (secondary N) is 2. The van der Waals surface area contributed by atoms with Gasteiger partial charge in [0, 0.05) is 5.02 Å². The highest BCUT2D eigenvalue weighted by Crippen LogP contribution is 2.36. The number of rotatable bonds is 0. The quantitative estimate of drug-likeness (QED) is 0.712. The first-order valence-corrected chi connectivity index (χ1v) is 5.18. The normalized spacial score (nSPS) is 17.7. The maximum atomic E-state index is 11.7. The Hall–Kier alpha value is -1.22. The second-order valence-electron chi connectivity index (χ2n) is 4.30. The van der Waals surface area contributed by atoms with Crippen LogP contribution < -0.4 is 10.6 Å². The smallest absolute Gasteiger partial charge is 0.249 e. The monoisotopic (exact) mass is 224 g/mol. The molecule has 0 saturated heterocycles. The third kappa shape index (κ3) is 1.57. The Morgan fingerprint density at radius 2 is 2.00 bits per heavy atom. The zero-order chi connectivity index (χ0) is 11.2. The molecule has 15 heavy (non-hydrogen) atoms. The Morgan fingerprint density at radius 1 is 1.33 bits per heavy atom. The van der Waals surface area contributed by atoms with Gasteiger partial charge in [0.1, 0.15) is 5.54 Å². The van der Waals surface area contributed by atoms with Crippen LogP contribution in [0.25, 0.3) is 0 Å². The van der Waals surface area contributed by atoms with Crippen LogP contribution in [0.15, 0.2) is 12.1 Å². The first-order chi connectivity index (χ1) is 6.92. The Balaban J connectivity index is 2.55. The lowest BCUT2D eigenvalue weighted by atomic mass is 9.98. The van der Waals surface area contributed by atoms with Crippen LogP contribution in [0.4, 0.5) is 11.4 Å². The van der Waals surface area contributed by atoms with Crippen LogP contribution in [0, 0.1) is 6.92 Å². The molecule has 4 heteroatoms. The fraction of sp³-hybridized carbons (Fsp3) is 0.364. The minimum absolute atomic E-state index is 0.0413. The predicted molar refractivity (Wildman–Crippen MR) is 62.5 cm³/mol. The van der Waals surface area contributed by atoms with Gasteiger partial charge in [-0.15, -0.1) is 0 Å². The second kappa shape index (κ2) is 3.14. The fourth-order valence-corrected chi connectivity index (χ4v) is 1.77. The fourth-order valence-electron chi connectivity index (χ4n) is 1.61. The van der Waals surface area contributed by atoms with Crippen LogP contribution in [-0.4, -0.2) is 11.4 Å². The summed E-state index contributed by atoms with van der Waals surface area (Å²) < 4.78 is 0. The van der Waals surface area contributed by atoms with Gasteiger partial charge in [-0.25, -0.2) is 0 Å². The number of benzene rings is 1. The third-order valence-corrected chi connectivity index (χ3v) is 3.06. The van der Waals surface area contributed by atoms with Gasteiger partial charge in [-0.1, -0.05) is 11.6 Å². The van der Waals surface area contributed by atoms with Crippen LogP contribution in [-0.2, 0) is 4.79 Å². The molecule has 0 radical (unpaired) electrons. The van der Waals surface area contributed by atoms with E-state index in [9.17, 15) is 4.79 Å². The van der Waals surface area contributed by atoms with Gasteiger partial charge in [0.25, 0.3) is 0 Å². The maximum absolute atomic E-state index is 11.7. The molecule has 1 aliphatic rings. The van der Waals surface area contributed by atoms with E-state index in [1.807, 2.05) is 32.9 Å². The van der Waals surface area contributed by atoms with E-state index in [0.717, 1.165) is 16.9 Å². The molecule has 1 aromatic carbocycles. The lowest BCUT2D eigenvalue weighted by Crippen LogP contribution is -2.47. The van der Waals surface area contributed by atoms with E-state index in [1.54, 1.807) is 0 Å². The maximum Gasteiger partial charge on any atom is 0.249 e. The van der Waals surface area contributed by atoms with Crippen molar-refractivity contribution in [3.8, 4) is 0 Å². The van der Waals surface area contributed by atoms with Gasteiger partial charge in [0.05, 0.1) is 11.4 Å². The number of halogens is 1. The molecular weight excluding hydrogens is 212 g/mol. The van der Waals surface area contributed by atoms with Gasteiger partial charge in [0.15, 0.2) is 0 Å². The summed E-state index contributed by atoms with van der Waals surface area (Å²) >= 11 is 5.99. The number of anilines is 2. The van der Waals surface area contributed by atoms with Crippen molar-refractivity contribution < 1.29 is 4.79 Å². The van der Waals surface area contributed by atoms with Crippen LogP contribution in [0.2, 0.25) is 5.02 Å². The summed E-state index contributed by atoms with van der Waals surface area (Å²) in [6.45, 7) is 5.58. The van der Waals surface area contributed by atoms with Crippen molar-refractivity contribution in [1.82, 2.24) is 0 Å². The van der Waals surface area contributed by atoms with E-state index in [2.05, 4.69) is 10.6 Å². The molecule has 0 bridgehead atoms. The highest BCUT2D eigenvalue weighted by molar-refractivity contribution is 6.32. The topological polar surface area (TPSA) is 41.1 Å². The Labute approximate surface area is 93.8 Å². The SMILES string of the molecule is Cc1c(Cl)ccc2c1NC(=O)C(C)(C)N2. The third-order valence-electron chi connectivity index (χ3n) is 2.65. The van der Waals surface area contributed by atoms with Gasteiger partial charge in [-0.2, -0.15) is 0 Å². The second-order valence-corrected chi connectivity index (χ2v) is 4.71. The first kappa shape index (κ1) is 10.3. The van der Waals surface area contributed by atoms with E-state index in [1.165, 1.54) is 0 Å². The van der Waals surface area contributed by atoms with Crippen molar-refractivity contribution in [2.24, 2.45) is 0 Å². The Morgan fingerprint density at radius 3 is 2.67 bits per heavy atom. The van der Waals surface area contributed by atoms with Gasteiger partial charge < -0.3 is 10.6 Å². The number of carbonyl (C=O) groups excluding carboxylic acids is 1. The average molecular weight is 225 g/mol. The van der Waals surface area contributed by atoms with Gasteiger partial charge in [-0.05, 0) is 38.5 Å². The Kier molecular flexibility index (Phi) is 2.15. The number of hydrogen-bond donors (Lipinski definition) is 2.